The Labute approximate surface area is 136 Å². The Morgan fingerprint density at radius 1 is 1.42 bits per heavy atom. The molecule has 0 heterocycles. The van der Waals surface area contributed by atoms with Gasteiger partial charge in [0.15, 0.2) is 0 Å². The van der Waals surface area contributed by atoms with Crippen molar-refractivity contribution in [1.29, 1.82) is 0 Å². The first-order chi connectivity index (χ1) is 8.98. The first-order valence-corrected chi connectivity index (χ1v) is 8.19. The molecule has 0 radical (unpaired) electrons. The summed E-state index contributed by atoms with van der Waals surface area (Å²) < 4.78 is 1.80. The largest absolute Gasteiger partial charge is 0.396 e. The van der Waals surface area contributed by atoms with E-state index in [1.165, 1.54) is 0 Å². The molecular formula is C14H19BrINO2. The lowest BCUT2D eigenvalue weighted by atomic mass is 9.83. The van der Waals surface area contributed by atoms with Gasteiger partial charge in [0, 0.05) is 20.0 Å². The minimum absolute atomic E-state index is 0.0910. The van der Waals surface area contributed by atoms with Crippen molar-refractivity contribution in [2.45, 2.75) is 26.7 Å². The second-order valence-corrected chi connectivity index (χ2v) is 6.77. The zero-order valence-corrected chi connectivity index (χ0v) is 14.9. The first-order valence-electron chi connectivity index (χ1n) is 6.32. The molecule has 3 nitrogen and oxygen atoms in total. The molecule has 0 atom stereocenters. The third-order valence-corrected chi connectivity index (χ3v) is 4.99. The number of aliphatic hydroxyl groups excluding tert-OH is 1. The van der Waals surface area contributed by atoms with Crippen LogP contribution in [-0.4, -0.2) is 24.2 Å². The van der Waals surface area contributed by atoms with E-state index < -0.39 is 0 Å². The van der Waals surface area contributed by atoms with Crippen LogP contribution < -0.4 is 5.32 Å². The zero-order chi connectivity index (χ0) is 14.5. The topological polar surface area (TPSA) is 49.3 Å². The molecule has 0 bridgehead atoms. The predicted molar refractivity (Wildman–Crippen MR) is 89.3 cm³/mol. The number of aliphatic hydroxyl groups is 1. The summed E-state index contributed by atoms with van der Waals surface area (Å²) in [5.41, 5.74) is 0.412. The smallest absolute Gasteiger partial charge is 0.252 e. The van der Waals surface area contributed by atoms with Crippen LogP contribution in [0.1, 0.15) is 37.0 Å². The van der Waals surface area contributed by atoms with Crippen molar-refractivity contribution in [1.82, 2.24) is 5.32 Å². The quantitative estimate of drug-likeness (QED) is 0.665. The van der Waals surface area contributed by atoms with E-state index >= 15 is 0 Å². The summed E-state index contributed by atoms with van der Waals surface area (Å²) in [5, 5.41) is 12.4. The van der Waals surface area contributed by atoms with Gasteiger partial charge in [0.25, 0.3) is 5.91 Å². The van der Waals surface area contributed by atoms with Gasteiger partial charge in [-0.05, 0) is 69.6 Å². The lowest BCUT2D eigenvalue weighted by Gasteiger charge is -2.29. The molecule has 0 aliphatic heterocycles. The molecule has 0 fully saturated rings. The van der Waals surface area contributed by atoms with Crippen molar-refractivity contribution in [3.8, 4) is 0 Å². The summed E-state index contributed by atoms with van der Waals surface area (Å²) in [7, 11) is 0. The molecule has 1 rings (SSSR count). The third kappa shape index (κ3) is 4.43. The van der Waals surface area contributed by atoms with Gasteiger partial charge < -0.3 is 10.4 Å². The van der Waals surface area contributed by atoms with Gasteiger partial charge in [0.05, 0.1) is 12.2 Å². The molecule has 1 aromatic rings. The minimum Gasteiger partial charge on any atom is -0.396 e. The van der Waals surface area contributed by atoms with Gasteiger partial charge in [0.1, 0.15) is 0 Å². The highest BCUT2D eigenvalue weighted by Gasteiger charge is 2.26. The number of benzene rings is 1. The summed E-state index contributed by atoms with van der Waals surface area (Å²) in [5.74, 6) is -0.106. The molecule has 0 saturated heterocycles. The van der Waals surface area contributed by atoms with E-state index in [2.05, 4.69) is 43.8 Å². The Kier molecular flexibility index (Phi) is 6.76. The fourth-order valence-electron chi connectivity index (χ4n) is 1.81. The van der Waals surface area contributed by atoms with Gasteiger partial charge in [0.2, 0.25) is 0 Å². The van der Waals surface area contributed by atoms with Crippen molar-refractivity contribution >= 4 is 44.4 Å². The molecule has 106 valence electrons. The van der Waals surface area contributed by atoms with Gasteiger partial charge in [-0.15, -0.1) is 0 Å². The van der Waals surface area contributed by atoms with Gasteiger partial charge in [-0.3, -0.25) is 4.79 Å². The van der Waals surface area contributed by atoms with Crippen molar-refractivity contribution in [3.63, 3.8) is 0 Å². The predicted octanol–water partition coefficient (Wildman–Crippen LogP) is 3.58. The maximum Gasteiger partial charge on any atom is 0.252 e. The van der Waals surface area contributed by atoms with Crippen molar-refractivity contribution < 1.29 is 9.90 Å². The Morgan fingerprint density at radius 2 is 2.05 bits per heavy atom. The van der Waals surface area contributed by atoms with Gasteiger partial charge in [-0.25, -0.2) is 0 Å². The standard InChI is InChI=1S/C14H19BrINO2/c1-3-14(4-2,9-18)8-17-13(19)11-7-10(16)5-6-12(11)15/h5-7,18H,3-4,8-9H2,1-2H3,(H,17,19). The lowest BCUT2D eigenvalue weighted by molar-refractivity contribution is 0.0850. The lowest BCUT2D eigenvalue weighted by Crippen LogP contribution is -2.39. The van der Waals surface area contributed by atoms with Crippen LogP contribution in [0.5, 0.6) is 0 Å². The second-order valence-electron chi connectivity index (χ2n) is 4.67. The van der Waals surface area contributed by atoms with Crippen LogP contribution in [0.4, 0.5) is 0 Å². The number of rotatable bonds is 6. The summed E-state index contributed by atoms with van der Waals surface area (Å²) in [4.78, 5) is 12.2. The van der Waals surface area contributed by atoms with Gasteiger partial charge in [-0.2, -0.15) is 0 Å². The Balaban J connectivity index is 2.77. The fourth-order valence-corrected chi connectivity index (χ4v) is 2.73. The monoisotopic (exact) mass is 439 g/mol. The summed E-state index contributed by atoms with van der Waals surface area (Å²) in [6, 6.07) is 5.66. The van der Waals surface area contributed by atoms with Crippen molar-refractivity contribution in [3.05, 3.63) is 31.8 Å². The first kappa shape index (κ1) is 16.9. The summed E-state index contributed by atoms with van der Waals surface area (Å²) in [6.45, 7) is 4.65. The van der Waals surface area contributed by atoms with Crippen LogP contribution >= 0.6 is 38.5 Å². The molecule has 0 unspecified atom stereocenters. The van der Waals surface area contributed by atoms with Gasteiger partial charge in [-0.1, -0.05) is 13.8 Å². The van der Waals surface area contributed by atoms with Crippen LogP contribution in [0.15, 0.2) is 22.7 Å². The van der Waals surface area contributed by atoms with Crippen molar-refractivity contribution in [2.75, 3.05) is 13.2 Å². The number of amides is 1. The van der Waals surface area contributed by atoms with E-state index in [1.807, 2.05) is 32.0 Å². The van der Waals surface area contributed by atoms with Crippen molar-refractivity contribution in [2.24, 2.45) is 5.41 Å². The molecule has 0 spiro atoms. The Morgan fingerprint density at radius 3 is 2.58 bits per heavy atom. The average molecular weight is 440 g/mol. The molecular weight excluding hydrogens is 421 g/mol. The molecule has 0 saturated carbocycles. The number of hydrogen-bond donors (Lipinski definition) is 2. The van der Waals surface area contributed by atoms with E-state index in [0.717, 1.165) is 20.9 Å². The minimum atomic E-state index is -0.218. The third-order valence-electron chi connectivity index (χ3n) is 3.63. The summed E-state index contributed by atoms with van der Waals surface area (Å²) in [6.07, 6.45) is 1.68. The van der Waals surface area contributed by atoms with E-state index in [-0.39, 0.29) is 17.9 Å². The molecule has 0 aliphatic rings. The van der Waals surface area contributed by atoms with Crippen LogP contribution in [0.3, 0.4) is 0 Å². The van der Waals surface area contributed by atoms with E-state index in [9.17, 15) is 9.90 Å². The Bertz CT molecular complexity index is 439. The molecule has 2 N–H and O–H groups in total. The number of hydrogen-bond acceptors (Lipinski definition) is 2. The Hall–Kier alpha value is -0.140. The number of carbonyl (C=O) groups is 1. The summed E-state index contributed by atoms with van der Waals surface area (Å²) >= 11 is 5.57. The highest BCUT2D eigenvalue weighted by molar-refractivity contribution is 14.1. The molecule has 19 heavy (non-hydrogen) atoms. The number of carbonyl (C=O) groups excluding carboxylic acids is 1. The molecule has 0 aliphatic carbocycles. The molecule has 1 aromatic carbocycles. The van der Waals surface area contributed by atoms with E-state index in [0.29, 0.717) is 12.1 Å². The van der Waals surface area contributed by atoms with E-state index in [4.69, 9.17) is 0 Å². The van der Waals surface area contributed by atoms with E-state index in [1.54, 1.807) is 0 Å². The normalized spacial score (nSPS) is 11.4. The number of halogens is 2. The highest BCUT2D eigenvalue weighted by Crippen LogP contribution is 2.25. The number of nitrogens with one attached hydrogen (secondary N) is 1. The molecule has 1 amide bonds. The molecule has 0 aromatic heterocycles. The fraction of sp³-hybridized carbons (Fsp3) is 0.500. The van der Waals surface area contributed by atoms with Crippen LogP contribution in [0, 0.1) is 8.99 Å². The molecule has 5 heteroatoms. The second kappa shape index (κ2) is 7.59. The average Bonchev–Trinajstić information content (AvgIpc) is 2.43. The van der Waals surface area contributed by atoms with Gasteiger partial charge >= 0.3 is 0 Å². The zero-order valence-electron chi connectivity index (χ0n) is 11.2. The van der Waals surface area contributed by atoms with Crippen LogP contribution in [0.25, 0.3) is 0 Å². The van der Waals surface area contributed by atoms with Crippen LogP contribution in [0.2, 0.25) is 0 Å². The maximum absolute atomic E-state index is 12.2. The highest BCUT2D eigenvalue weighted by atomic mass is 127. The van der Waals surface area contributed by atoms with Crippen LogP contribution in [-0.2, 0) is 0 Å². The maximum atomic E-state index is 12.2. The SMILES string of the molecule is CCC(CC)(CO)CNC(=O)c1cc(I)ccc1Br.